The maximum absolute atomic E-state index is 6.10. The van der Waals surface area contributed by atoms with Gasteiger partial charge in [-0.25, -0.2) is 0 Å². The Kier molecular flexibility index (Phi) is 4.77. The van der Waals surface area contributed by atoms with Crippen molar-refractivity contribution < 1.29 is 9.47 Å². The zero-order valence-corrected chi connectivity index (χ0v) is 15.0. The fourth-order valence-corrected chi connectivity index (χ4v) is 3.85. The molecule has 0 spiro atoms. The normalized spacial score (nSPS) is 15.4. The molecule has 2 nitrogen and oxygen atoms in total. The summed E-state index contributed by atoms with van der Waals surface area (Å²) in [5.74, 6) is 1.61. The van der Waals surface area contributed by atoms with E-state index >= 15 is 0 Å². The molecule has 2 aromatic carbocycles. The lowest BCUT2D eigenvalue weighted by Crippen LogP contribution is -1.98. The van der Waals surface area contributed by atoms with Crippen LogP contribution in [0.3, 0.4) is 0 Å². The molecule has 0 bridgehead atoms. The van der Waals surface area contributed by atoms with Gasteiger partial charge < -0.3 is 9.47 Å². The Morgan fingerprint density at radius 2 is 1.76 bits per heavy atom. The van der Waals surface area contributed by atoms with E-state index in [2.05, 4.69) is 31.9 Å². The lowest BCUT2D eigenvalue weighted by Gasteiger charge is -2.15. The highest BCUT2D eigenvalue weighted by Gasteiger charge is 2.18. The van der Waals surface area contributed by atoms with Crippen molar-refractivity contribution in [2.45, 2.75) is 11.2 Å². The van der Waals surface area contributed by atoms with Crippen LogP contribution in [0.25, 0.3) is 0 Å². The maximum atomic E-state index is 6.10. The SMILES string of the molecule is Clc1ccc(Br)c(C(Br)c2ccc3c(c2)OCCCO3)c1. The highest BCUT2D eigenvalue weighted by molar-refractivity contribution is 9.11. The Labute approximate surface area is 145 Å². The third kappa shape index (κ3) is 3.38. The summed E-state index contributed by atoms with van der Waals surface area (Å²) in [4.78, 5) is 0.0303. The van der Waals surface area contributed by atoms with Gasteiger partial charge >= 0.3 is 0 Å². The third-order valence-corrected chi connectivity index (χ3v) is 5.27. The summed E-state index contributed by atoms with van der Waals surface area (Å²) in [6.45, 7) is 1.38. The van der Waals surface area contributed by atoms with Crippen molar-refractivity contribution in [3.63, 3.8) is 0 Å². The van der Waals surface area contributed by atoms with E-state index in [0.29, 0.717) is 18.2 Å². The molecular formula is C16H13Br2ClO2. The second-order valence-corrected chi connectivity index (χ2v) is 6.99. The first-order chi connectivity index (χ1) is 10.1. The standard InChI is InChI=1S/C16H13Br2ClO2/c17-13-4-3-11(19)9-12(13)16(18)10-2-5-14-15(8-10)21-7-1-6-20-14/h2-5,8-9,16H,1,6-7H2. The average Bonchev–Trinajstić information content (AvgIpc) is 2.73. The fraction of sp³-hybridized carbons (Fsp3) is 0.250. The average molecular weight is 433 g/mol. The van der Waals surface area contributed by atoms with Gasteiger partial charge in [-0.3, -0.25) is 0 Å². The van der Waals surface area contributed by atoms with E-state index in [4.69, 9.17) is 21.1 Å². The summed E-state index contributed by atoms with van der Waals surface area (Å²) in [6.07, 6.45) is 0.904. The first-order valence-corrected chi connectivity index (χ1v) is 8.72. The van der Waals surface area contributed by atoms with E-state index in [1.807, 2.05) is 36.4 Å². The Morgan fingerprint density at radius 3 is 2.57 bits per heavy atom. The van der Waals surface area contributed by atoms with E-state index in [0.717, 1.165) is 33.5 Å². The van der Waals surface area contributed by atoms with Crippen molar-refractivity contribution in [3.8, 4) is 11.5 Å². The lowest BCUT2D eigenvalue weighted by atomic mass is 10.0. The number of hydrogen-bond donors (Lipinski definition) is 0. The first kappa shape index (κ1) is 15.2. The van der Waals surface area contributed by atoms with Gasteiger partial charge in [-0.05, 0) is 41.5 Å². The van der Waals surface area contributed by atoms with Gasteiger partial charge in [0.15, 0.2) is 11.5 Å². The molecule has 0 saturated carbocycles. The van der Waals surface area contributed by atoms with Crippen LogP contribution >= 0.6 is 43.5 Å². The summed E-state index contributed by atoms with van der Waals surface area (Å²) in [5.41, 5.74) is 2.18. The summed E-state index contributed by atoms with van der Waals surface area (Å²) >= 11 is 13.4. The molecule has 0 N–H and O–H groups in total. The van der Waals surface area contributed by atoms with Crippen molar-refractivity contribution in [1.29, 1.82) is 0 Å². The molecule has 1 aliphatic rings. The van der Waals surface area contributed by atoms with Crippen molar-refractivity contribution in [2.75, 3.05) is 13.2 Å². The number of rotatable bonds is 2. The molecule has 110 valence electrons. The lowest BCUT2D eigenvalue weighted by molar-refractivity contribution is 0.297. The largest absolute Gasteiger partial charge is 0.490 e. The van der Waals surface area contributed by atoms with E-state index in [9.17, 15) is 0 Å². The first-order valence-electron chi connectivity index (χ1n) is 6.64. The van der Waals surface area contributed by atoms with Crippen LogP contribution in [-0.4, -0.2) is 13.2 Å². The molecule has 0 saturated heterocycles. The van der Waals surface area contributed by atoms with E-state index in [1.54, 1.807) is 0 Å². The van der Waals surface area contributed by atoms with Crippen LogP contribution in [0.4, 0.5) is 0 Å². The Morgan fingerprint density at radius 1 is 1.00 bits per heavy atom. The second-order valence-electron chi connectivity index (χ2n) is 4.79. The minimum absolute atomic E-state index is 0.0303. The molecule has 1 atom stereocenters. The van der Waals surface area contributed by atoms with Crippen molar-refractivity contribution in [2.24, 2.45) is 0 Å². The van der Waals surface area contributed by atoms with Gasteiger partial charge in [0.05, 0.1) is 18.0 Å². The van der Waals surface area contributed by atoms with Gasteiger partial charge in [-0.2, -0.15) is 0 Å². The molecule has 1 unspecified atom stereocenters. The third-order valence-electron chi connectivity index (χ3n) is 3.30. The van der Waals surface area contributed by atoms with Crippen LogP contribution in [0.2, 0.25) is 5.02 Å². The van der Waals surface area contributed by atoms with Crippen molar-refractivity contribution in [3.05, 3.63) is 57.0 Å². The molecule has 5 heteroatoms. The number of halogens is 3. The number of ether oxygens (including phenoxy) is 2. The molecule has 3 rings (SSSR count). The Balaban J connectivity index is 1.96. The van der Waals surface area contributed by atoms with Gasteiger partial charge in [-0.1, -0.05) is 49.5 Å². The molecule has 21 heavy (non-hydrogen) atoms. The summed E-state index contributed by atoms with van der Waals surface area (Å²) in [5, 5.41) is 0.715. The van der Waals surface area contributed by atoms with Crippen molar-refractivity contribution >= 4 is 43.5 Å². The van der Waals surface area contributed by atoms with Crippen LogP contribution in [0.1, 0.15) is 22.4 Å². The molecule has 1 heterocycles. The Hall–Kier alpha value is -0.710. The molecule has 1 aliphatic heterocycles. The number of benzene rings is 2. The molecular weight excluding hydrogens is 419 g/mol. The molecule has 0 aliphatic carbocycles. The number of fused-ring (bicyclic) bond motifs is 1. The molecule has 2 aromatic rings. The Bertz CT molecular complexity index is 661. The van der Waals surface area contributed by atoms with E-state index in [-0.39, 0.29) is 4.83 Å². The monoisotopic (exact) mass is 430 g/mol. The van der Waals surface area contributed by atoms with Crippen LogP contribution in [-0.2, 0) is 0 Å². The second kappa shape index (κ2) is 6.59. The van der Waals surface area contributed by atoms with E-state index < -0.39 is 0 Å². The zero-order chi connectivity index (χ0) is 14.8. The van der Waals surface area contributed by atoms with Gasteiger partial charge in [0.1, 0.15) is 0 Å². The molecule has 0 amide bonds. The van der Waals surface area contributed by atoms with Crippen LogP contribution in [0.5, 0.6) is 11.5 Å². The highest BCUT2D eigenvalue weighted by Crippen LogP contribution is 2.40. The number of hydrogen-bond acceptors (Lipinski definition) is 2. The van der Waals surface area contributed by atoms with Crippen LogP contribution in [0.15, 0.2) is 40.9 Å². The fourth-order valence-electron chi connectivity index (χ4n) is 2.23. The zero-order valence-electron chi connectivity index (χ0n) is 11.1. The van der Waals surface area contributed by atoms with Crippen LogP contribution < -0.4 is 9.47 Å². The quantitative estimate of drug-likeness (QED) is 0.563. The highest BCUT2D eigenvalue weighted by atomic mass is 79.9. The summed E-state index contributed by atoms with van der Waals surface area (Å²) < 4.78 is 12.4. The molecule has 0 radical (unpaired) electrons. The minimum Gasteiger partial charge on any atom is -0.490 e. The predicted octanol–water partition coefficient (Wildman–Crippen LogP) is 5.75. The van der Waals surface area contributed by atoms with E-state index in [1.165, 1.54) is 0 Å². The smallest absolute Gasteiger partial charge is 0.161 e. The van der Waals surface area contributed by atoms with Crippen molar-refractivity contribution in [1.82, 2.24) is 0 Å². The van der Waals surface area contributed by atoms with Gasteiger partial charge in [0.25, 0.3) is 0 Å². The van der Waals surface area contributed by atoms with Gasteiger partial charge in [0.2, 0.25) is 0 Å². The minimum atomic E-state index is 0.0303. The summed E-state index contributed by atoms with van der Waals surface area (Å²) in [6, 6.07) is 11.8. The van der Waals surface area contributed by atoms with Gasteiger partial charge in [-0.15, -0.1) is 0 Å². The molecule has 0 fully saturated rings. The summed E-state index contributed by atoms with van der Waals surface area (Å²) in [7, 11) is 0. The van der Waals surface area contributed by atoms with Gasteiger partial charge in [0, 0.05) is 15.9 Å². The molecule has 0 aromatic heterocycles. The van der Waals surface area contributed by atoms with Crippen LogP contribution in [0, 0.1) is 0 Å². The predicted molar refractivity (Wildman–Crippen MR) is 92.0 cm³/mol. The topological polar surface area (TPSA) is 18.5 Å². The maximum Gasteiger partial charge on any atom is 0.161 e. The number of alkyl halides is 1.